The summed E-state index contributed by atoms with van der Waals surface area (Å²) in [5, 5.41) is 55.3. The van der Waals surface area contributed by atoms with Crippen LogP contribution >= 0.6 is 0 Å². The third-order valence-corrected chi connectivity index (χ3v) is 4.61. The lowest BCUT2D eigenvalue weighted by Crippen LogP contribution is -2.52. The number of nitrogens with one attached hydrogen (secondary N) is 2. The highest BCUT2D eigenvalue weighted by Gasteiger charge is 2.33. The van der Waals surface area contributed by atoms with Crippen molar-refractivity contribution in [3.8, 4) is 0 Å². The van der Waals surface area contributed by atoms with Gasteiger partial charge in [0, 0.05) is 13.0 Å². The van der Waals surface area contributed by atoms with Crippen molar-refractivity contribution in [2.75, 3.05) is 13.2 Å². The summed E-state index contributed by atoms with van der Waals surface area (Å²) in [6, 6.07) is -1.31. The van der Waals surface area contributed by atoms with Gasteiger partial charge in [0.05, 0.1) is 31.0 Å². The van der Waals surface area contributed by atoms with Crippen LogP contribution in [0.2, 0.25) is 0 Å². The van der Waals surface area contributed by atoms with E-state index in [4.69, 9.17) is 4.74 Å². The summed E-state index contributed by atoms with van der Waals surface area (Å²) in [5.74, 6) is 0. The second-order valence-electron chi connectivity index (χ2n) is 6.83. The molecule has 0 saturated carbocycles. The fourth-order valence-electron chi connectivity index (χ4n) is 2.81. The highest BCUT2D eigenvalue weighted by atomic mass is 16.5. The van der Waals surface area contributed by atoms with Gasteiger partial charge in [0.1, 0.15) is 18.3 Å². The molecule has 1 aliphatic carbocycles. The molecule has 0 bridgehead atoms. The van der Waals surface area contributed by atoms with Crippen molar-refractivity contribution < 1.29 is 35.1 Å². The number of carbonyl (C=O) groups excluding carboxylic acids is 1. The molecule has 1 aliphatic rings. The van der Waals surface area contributed by atoms with E-state index in [9.17, 15) is 30.3 Å². The highest BCUT2D eigenvalue weighted by Crippen LogP contribution is 2.18. The number of urea groups is 1. The number of hydrogen-bond acceptors (Lipinski definition) is 7. The van der Waals surface area contributed by atoms with E-state index in [1.54, 1.807) is 26.0 Å². The van der Waals surface area contributed by atoms with Crippen molar-refractivity contribution in [2.45, 2.75) is 82.2 Å². The van der Waals surface area contributed by atoms with Crippen LogP contribution in [-0.2, 0) is 4.74 Å². The molecule has 0 aromatic heterocycles. The third kappa shape index (κ3) is 8.12. The molecule has 0 aromatic carbocycles. The predicted molar refractivity (Wildman–Crippen MR) is 99.1 cm³/mol. The van der Waals surface area contributed by atoms with E-state index in [2.05, 4.69) is 10.6 Å². The SMILES string of the molecule is CCNC(=O)NC(COC1/C=C\CCC(O)C(O)C1O)C(O)CC(O)CC. The number of allylic oxidation sites excluding steroid dienone is 1. The molecular weight excluding hydrogens is 356 g/mol. The molecule has 158 valence electrons. The van der Waals surface area contributed by atoms with Crippen LogP contribution in [0.15, 0.2) is 12.2 Å². The number of amides is 2. The molecule has 0 spiro atoms. The van der Waals surface area contributed by atoms with Crippen molar-refractivity contribution in [3.05, 3.63) is 12.2 Å². The minimum absolute atomic E-state index is 0.0569. The van der Waals surface area contributed by atoms with Gasteiger partial charge in [-0.2, -0.15) is 0 Å². The number of hydrogen-bond donors (Lipinski definition) is 7. The lowest BCUT2D eigenvalue weighted by molar-refractivity contribution is -0.117. The van der Waals surface area contributed by atoms with Crippen molar-refractivity contribution >= 4 is 6.03 Å². The van der Waals surface area contributed by atoms with Gasteiger partial charge in [-0.25, -0.2) is 4.79 Å². The van der Waals surface area contributed by atoms with E-state index >= 15 is 0 Å². The summed E-state index contributed by atoms with van der Waals surface area (Å²) in [5.41, 5.74) is 0. The fraction of sp³-hybridized carbons (Fsp3) is 0.833. The molecule has 7 N–H and O–H groups in total. The molecule has 2 amide bonds. The molecular formula is C18H34N2O7. The van der Waals surface area contributed by atoms with Gasteiger partial charge < -0.3 is 40.9 Å². The Labute approximate surface area is 160 Å². The first kappa shape index (κ1) is 23.8. The number of aliphatic hydroxyl groups excluding tert-OH is 5. The lowest BCUT2D eigenvalue weighted by Gasteiger charge is -2.32. The van der Waals surface area contributed by atoms with Crippen LogP contribution in [0.4, 0.5) is 4.79 Å². The van der Waals surface area contributed by atoms with Gasteiger partial charge in [-0.15, -0.1) is 0 Å². The van der Waals surface area contributed by atoms with Crippen LogP contribution in [0, 0.1) is 0 Å². The standard InChI is InChI=1S/C18H34N2O7/c1-3-11(21)9-14(23)12(20-18(26)19-4-2)10-27-15-8-6-5-7-13(22)16(24)17(15)25/h6,8,11-17,21-25H,3-5,7,9-10H2,1-2H3,(H2,19,20,26)/b8-6-. The Morgan fingerprint density at radius 3 is 2.56 bits per heavy atom. The van der Waals surface area contributed by atoms with Crippen molar-refractivity contribution in [3.63, 3.8) is 0 Å². The Hall–Kier alpha value is -1.23. The van der Waals surface area contributed by atoms with Gasteiger partial charge in [0.25, 0.3) is 0 Å². The van der Waals surface area contributed by atoms with Crippen LogP contribution < -0.4 is 10.6 Å². The summed E-state index contributed by atoms with van der Waals surface area (Å²) in [4.78, 5) is 11.8. The third-order valence-electron chi connectivity index (χ3n) is 4.61. The maximum absolute atomic E-state index is 11.8. The summed E-state index contributed by atoms with van der Waals surface area (Å²) in [6.07, 6.45) is -1.75. The molecule has 0 saturated heterocycles. The molecule has 9 nitrogen and oxygen atoms in total. The van der Waals surface area contributed by atoms with Crippen LogP contribution in [0.3, 0.4) is 0 Å². The van der Waals surface area contributed by atoms with Crippen molar-refractivity contribution in [1.82, 2.24) is 10.6 Å². The Balaban J connectivity index is 2.77. The highest BCUT2D eigenvalue weighted by molar-refractivity contribution is 5.74. The Morgan fingerprint density at radius 2 is 1.93 bits per heavy atom. The summed E-state index contributed by atoms with van der Waals surface area (Å²) >= 11 is 0. The maximum atomic E-state index is 11.8. The second-order valence-corrected chi connectivity index (χ2v) is 6.83. The van der Waals surface area contributed by atoms with E-state index in [1.807, 2.05) is 0 Å². The molecule has 27 heavy (non-hydrogen) atoms. The number of ether oxygens (including phenoxy) is 1. The number of carbonyl (C=O) groups is 1. The van der Waals surface area contributed by atoms with E-state index < -0.39 is 48.7 Å². The van der Waals surface area contributed by atoms with E-state index in [1.165, 1.54) is 0 Å². The average molecular weight is 390 g/mol. The summed E-state index contributed by atoms with van der Waals surface area (Å²) < 4.78 is 5.63. The zero-order valence-corrected chi connectivity index (χ0v) is 16.0. The quantitative estimate of drug-likeness (QED) is 0.250. The molecule has 0 heterocycles. The first-order valence-corrected chi connectivity index (χ1v) is 9.53. The van der Waals surface area contributed by atoms with Gasteiger partial charge >= 0.3 is 6.03 Å². The molecule has 7 atom stereocenters. The minimum atomic E-state index is -1.36. The lowest BCUT2D eigenvalue weighted by atomic mass is 9.96. The van der Waals surface area contributed by atoms with E-state index in [0.29, 0.717) is 25.8 Å². The Kier molecular flexibility index (Phi) is 10.8. The zero-order valence-electron chi connectivity index (χ0n) is 16.0. The molecule has 0 radical (unpaired) electrons. The maximum Gasteiger partial charge on any atom is 0.315 e. The van der Waals surface area contributed by atoms with Crippen molar-refractivity contribution in [2.24, 2.45) is 0 Å². The summed E-state index contributed by atoms with van der Waals surface area (Å²) in [6.45, 7) is 3.79. The minimum Gasteiger partial charge on any atom is -0.393 e. The molecule has 9 heteroatoms. The van der Waals surface area contributed by atoms with Crippen molar-refractivity contribution in [1.29, 1.82) is 0 Å². The van der Waals surface area contributed by atoms with Gasteiger partial charge in [0.15, 0.2) is 0 Å². The zero-order chi connectivity index (χ0) is 20.4. The van der Waals surface area contributed by atoms with E-state index in [-0.39, 0.29) is 13.0 Å². The van der Waals surface area contributed by atoms with Crippen LogP contribution in [0.25, 0.3) is 0 Å². The number of aliphatic hydroxyl groups is 5. The predicted octanol–water partition coefficient (Wildman–Crippen LogP) is -0.986. The van der Waals surface area contributed by atoms with Gasteiger partial charge in [-0.1, -0.05) is 19.1 Å². The van der Waals surface area contributed by atoms with E-state index in [0.717, 1.165) is 0 Å². The molecule has 0 aliphatic heterocycles. The molecule has 1 rings (SSSR count). The fourth-order valence-corrected chi connectivity index (χ4v) is 2.81. The summed E-state index contributed by atoms with van der Waals surface area (Å²) in [7, 11) is 0. The molecule has 0 fully saturated rings. The topological polar surface area (TPSA) is 152 Å². The molecule has 7 unspecified atom stereocenters. The van der Waals surface area contributed by atoms with Crippen LogP contribution in [0.5, 0.6) is 0 Å². The van der Waals surface area contributed by atoms with Crippen LogP contribution in [0.1, 0.15) is 39.5 Å². The van der Waals surface area contributed by atoms with Crippen LogP contribution in [-0.4, -0.2) is 87.4 Å². The second kappa shape index (κ2) is 12.3. The normalized spacial score (nSPS) is 30.5. The first-order chi connectivity index (χ1) is 12.8. The smallest absolute Gasteiger partial charge is 0.315 e. The number of rotatable bonds is 9. The van der Waals surface area contributed by atoms with Gasteiger partial charge in [-0.05, 0) is 26.2 Å². The molecule has 0 aromatic rings. The Bertz CT molecular complexity index is 463. The largest absolute Gasteiger partial charge is 0.393 e. The monoisotopic (exact) mass is 390 g/mol. The first-order valence-electron chi connectivity index (χ1n) is 9.53. The van der Waals surface area contributed by atoms with Gasteiger partial charge in [-0.3, -0.25) is 0 Å². The van der Waals surface area contributed by atoms with Gasteiger partial charge in [0.2, 0.25) is 0 Å². The Morgan fingerprint density at radius 1 is 1.22 bits per heavy atom. The average Bonchev–Trinajstić information content (AvgIpc) is 2.64.